The highest BCUT2D eigenvalue weighted by Gasteiger charge is 2.21. The van der Waals surface area contributed by atoms with Crippen LogP contribution in [0, 0.1) is 0 Å². The molecule has 0 amide bonds. The van der Waals surface area contributed by atoms with Gasteiger partial charge in [0.2, 0.25) is 5.78 Å². The molecule has 0 aliphatic heterocycles. The Morgan fingerprint density at radius 1 is 1.12 bits per heavy atom. The molecule has 0 unspecified atom stereocenters. The van der Waals surface area contributed by atoms with E-state index in [1.807, 2.05) is 0 Å². The Morgan fingerprint density at radius 3 is 2.58 bits per heavy atom. The second-order valence-corrected chi connectivity index (χ2v) is 7.76. The van der Waals surface area contributed by atoms with Crippen molar-refractivity contribution in [3.8, 4) is 5.75 Å². The molecule has 2 N–H and O–H groups in total. The van der Waals surface area contributed by atoms with Gasteiger partial charge in [-0.15, -0.1) is 11.3 Å². The summed E-state index contributed by atoms with van der Waals surface area (Å²) in [7, 11) is 1.61. The van der Waals surface area contributed by atoms with E-state index >= 15 is 0 Å². The zero-order valence-corrected chi connectivity index (χ0v) is 15.7. The second-order valence-electron chi connectivity index (χ2n) is 6.76. The number of aromatic nitrogens is 1. The summed E-state index contributed by atoms with van der Waals surface area (Å²) in [6.07, 6.45) is 7.00. The fourth-order valence-electron chi connectivity index (χ4n) is 3.56. The van der Waals surface area contributed by atoms with Crippen molar-refractivity contribution in [2.45, 2.75) is 38.5 Å². The average molecular weight is 366 g/mol. The number of carbonyl (C=O) groups is 1. The number of hydrogen-bond acceptors (Lipinski definition) is 5. The SMILES string of the molecule is COc1ccc(C(=O)c2sc3nc4c(cc3c2N)CCCCCC4)cc1. The van der Waals surface area contributed by atoms with Crippen LogP contribution in [-0.4, -0.2) is 17.9 Å². The van der Waals surface area contributed by atoms with Crippen molar-refractivity contribution in [3.05, 3.63) is 52.0 Å². The summed E-state index contributed by atoms with van der Waals surface area (Å²) >= 11 is 1.40. The molecule has 2 heterocycles. The van der Waals surface area contributed by atoms with Crippen LogP contribution < -0.4 is 10.5 Å². The maximum Gasteiger partial charge on any atom is 0.205 e. The van der Waals surface area contributed by atoms with Crippen molar-refractivity contribution in [1.82, 2.24) is 4.98 Å². The Kier molecular flexibility index (Phi) is 4.64. The third kappa shape index (κ3) is 3.07. The number of ether oxygens (including phenoxy) is 1. The number of fused-ring (bicyclic) bond motifs is 2. The average Bonchev–Trinajstić information content (AvgIpc) is 2.97. The van der Waals surface area contributed by atoms with Gasteiger partial charge in [-0.3, -0.25) is 4.79 Å². The molecule has 5 heteroatoms. The summed E-state index contributed by atoms with van der Waals surface area (Å²) in [6, 6.07) is 9.30. The van der Waals surface area contributed by atoms with E-state index in [9.17, 15) is 4.79 Å². The van der Waals surface area contributed by atoms with Gasteiger partial charge >= 0.3 is 0 Å². The van der Waals surface area contributed by atoms with Gasteiger partial charge in [0.25, 0.3) is 0 Å². The van der Waals surface area contributed by atoms with Gasteiger partial charge < -0.3 is 10.5 Å². The summed E-state index contributed by atoms with van der Waals surface area (Å²) in [5.74, 6) is 0.674. The van der Waals surface area contributed by atoms with E-state index < -0.39 is 0 Å². The van der Waals surface area contributed by atoms with Gasteiger partial charge in [-0.2, -0.15) is 0 Å². The molecule has 4 rings (SSSR count). The first kappa shape index (κ1) is 17.0. The highest BCUT2D eigenvalue weighted by Crippen LogP contribution is 2.36. The molecule has 26 heavy (non-hydrogen) atoms. The van der Waals surface area contributed by atoms with E-state index in [2.05, 4.69) is 6.07 Å². The van der Waals surface area contributed by atoms with Crippen molar-refractivity contribution in [1.29, 1.82) is 0 Å². The molecule has 0 radical (unpaired) electrons. The van der Waals surface area contributed by atoms with Gasteiger partial charge in [-0.25, -0.2) is 4.98 Å². The normalized spacial score (nSPS) is 14.5. The molecule has 1 aliphatic carbocycles. The topological polar surface area (TPSA) is 65.2 Å². The van der Waals surface area contributed by atoms with Gasteiger partial charge in [0, 0.05) is 16.6 Å². The highest BCUT2D eigenvalue weighted by atomic mass is 32.1. The number of rotatable bonds is 3. The minimum Gasteiger partial charge on any atom is -0.497 e. The fraction of sp³-hybridized carbons (Fsp3) is 0.333. The lowest BCUT2D eigenvalue weighted by Crippen LogP contribution is -2.03. The first-order valence-electron chi connectivity index (χ1n) is 9.07. The third-order valence-corrected chi connectivity index (χ3v) is 6.17. The molecule has 4 nitrogen and oxygen atoms in total. The van der Waals surface area contributed by atoms with E-state index in [0.29, 0.717) is 16.1 Å². The van der Waals surface area contributed by atoms with Gasteiger partial charge in [-0.1, -0.05) is 12.8 Å². The van der Waals surface area contributed by atoms with E-state index in [-0.39, 0.29) is 5.78 Å². The lowest BCUT2D eigenvalue weighted by molar-refractivity contribution is 0.104. The number of anilines is 1. The van der Waals surface area contributed by atoms with Crippen molar-refractivity contribution >= 4 is 33.0 Å². The third-order valence-electron chi connectivity index (χ3n) is 5.06. The molecule has 0 fully saturated rings. The lowest BCUT2D eigenvalue weighted by Gasteiger charge is -2.12. The van der Waals surface area contributed by atoms with Gasteiger partial charge in [-0.05, 0) is 61.6 Å². The number of nitrogen functional groups attached to an aromatic ring is 1. The molecular weight excluding hydrogens is 344 g/mol. The monoisotopic (exact) mass is 366 g/mol. The standard InChI is InChI=1S/C21H22N2O2S/c1-25-15-10-8-13(9-11-15)19(24)20-18(22)16-12-14-6-4-2-3-5-7-17(14)23-21(16)26-20/h8-12H,2-7,22H2,1H3. The minimum absolute atomic E-state index is 0.0550. The van der Waals surface area contributed by atoms with Crippen molar-refractivity contribution in [3.63, 3.8) is 0 Å². The zero-order valence-electron chi connectivity index (χ0n) is 14.9. The van der Waals surface area contributed by atoms with Crippen LogP contribution in [0.2, 0.25) is 0 Å². The van der Waals surface area contributed by atoms with Crippen LogP contribution in [0.3, 0.4) is 0 Å². The molecule has 0 saturated heterocycles. The van der Waals surface area contributed by atoms with Crippen LogP contribution in [-0.2, 0) is 12.8 Å². The number of carbonyl (C=O) groups excluding carboxylic acids is 1. The van der Waals surface area contributed by atoms with Crippen LogP contribution in [0.25, 0.3) is 10.2 Å². The van der Waals surface area contributed by atoms with Crippen molar-refractivity contribution in [2.24, 2.45) is 0 Å². The van der Waals surface area contributed by atoms with E-state index in [0.717, 1.165) is 28.8 Å². The molecule has 0 bridgehead atoms. The Morgan fingerprint density at radius 2 is 1.85 bits per heavy atom. The maximum atomic E-state index is 12.9. The van der Waals surface area contributed by atoms with Gasteiger partial charge in [0.15, 0.2) is 0 Å². The molecule has 0 atom stereocenters. The van der Waals surface area contributed by atoms with Gasteiger partial charge in [0.1, 0.15) is 15.5 Å². The van der Waals surface area contributed by atoms with E-state index in [1.165, 1.54) is 48.3 Å². The van der Waals surface area contributed by atoms with Gasteiger partial charge in [0.05, 0.1) is 12.8 Å². The number of nitrogens with two attached hydrogens (primary N) is 1. The van der Waals surface area contributed by atoms with Crippen LogP contribution in [0.4, 0.5) is 5.69 Å². The van der Waals surface area contributed by atoms with E-state index in [1.54, 1.807) is 31.4 Å². The molecular formula is C21H22N2O2S. The van der Waals surface area contributed by atoms with E-state index in [4.69, 9.17) is 15.5 Å². The van der Waals surface area contributed by atoms with Crippen molar-refractivity contribution in [2.75, 3.05) is 12.8 Å². The number of benzene rings is 1. The molecule has 1 aliphatic rings. The Labute approximate surface area is 157 Å². The summed E-state index contributed by atoms with van der Waals surface area (Å²) in [5.41, 5.74) is 10.0. The number of methoxy groups -OCH3 is 1. The summed E-state index contributed by atoms with van der Waals surface area (Å²) < 4.78 is 5.16. The number of ketones is 1. The molecule has 3 aromatic rings. The summed E-state index contributed by atoms with van der Waals surface area (Å²) in [5, 5.41) is 0.922. The highest BCUT2D eigenvalue weighted by molar-refractivity contribution is 7.21. The smallest absolute Gasteiger partial charge is 0.205 e. The predicted molar refractivity (Wildman–Crippen MR) is 106 cm³/mol. The fourth-order valence-corrected chi connectivity index (χ4v) is 4.61. The summed E-state index contributed by atoms with van der Waals surface area (Å²) in [6.45, 7) is 0. The molecule has 1 aromatic carbocycles. The quantitative estimate of drug-likeness (QED) is 0.678. The van der Waals surface area contributed by atoms with Crippen molar-refractivity contribution < 1.29 is 9.53 Å². The minimum atomic E-state index is -0.0550. The number of thiophene rings is 1. The Balaban J connectivity index is 1.75. The lowest BCUT2D eigenvalue weighted by atomic mass is 9.96. The Hall–Kier alpha value is -2.40. The first-order valence-corrected chi connectivity index (χ1v) is 9.88. The largest absolute Gasteiger partial charge is 0.497 e. The zero-order chi connectivity index (χ0) is 18.1. The molecule has 2 aromatic heterocycles. The number of pyridine rings is 1. The number of aryl methyl sites for hydroxylation is 2. The summed E-state index contributed by atoms with van der Waals surface area (Å²) in [4.78, 5) is 19.3. The maximum absolute atomic E-state index is 12.9. The van der Waals surface area contributed by atoms with Crippen LogP contribution in [0.5, 0.6) is 5.75 Å². The van der Waals surface area contributed by atoms with Crippen LogP contribution >= 0.6 is 11.3 Å². The molecule has 134 valence electrons. The van der Waals surface area contributed by atoms with Crippen LogP contribution in [0.15, 0.2) is 30.3 Å². The number of hydrogen-bond donors (Lipinski definition) is 1. The second kappa shape index (κ2) is 7.08. The predicted octanol–water partition coefficient (Wildman–Crippen LogP) is 4.78. The number of nitrogens with zero attached hydrogens (tertiary/aromatic N) is 1. The Bertz CT molecular complexity index is 960. The molecule has 0 spiro atoms. The first-order chi connectivity index (χ1) is 12.7. The van der Waals surface area contributed by atoms with Crippen LogP contribution in [0.1, 0.15) is 52.2 Å². The molecule has 0 saturated carbocycles.